The van der Waals surface area contributed by atoms with Crippen molar-refractivity contribution in [3.05, 3.63) is 48.0 Å². The molecule has 5 heteroatoms. The van der Waals surface area contributed by atoms with Crippen LogP contribution in [0.25, 0.3) is 0 Å². The Bertz CT molecular complexity index is 783. The van der Waals surface area contributed by atoms with Crippen LogP contribution in [0.1, 0.15) is 5.56 Å². The zero-order valence-electron chi connectivity index (χ0n) is 11.0. The number of hydrogen-bond donors (Lipinski definition) is 0. The molecule has 2 aromatic carbocycles. The van der Waals surface area contributed by atoms with E-state index in [0.29, 0.717) is 13.2 Å². The first-order chi connectivity index (χ1) is 10.3. The van der Waals surface area contributed by atoms with Gasteiger partial charge in [0.15, 0.2) is 0 Å². The summed E-state index contributed by atoms with van der Waals surface area (Å²) in [7, 11) is 0. The van der Waals surface area contributed by atoms with Crippen molar-refractivity contribution < 1.29 is 14.3 Å². The molecule has 0 saturated carbocycles. The van der Waals surface area contributed by atoms with Gasteiger partial charge in [-0.1, -0.05) is 36.0 Å². The Morgan fingerprint density at radius 2 is 1.76 bits per heavy atom. The smallest absolute Gasteiger partial charge is 0.297 e. The molecule has 1 spiro atoms. The molecule has 4 nitrogen and oxygen atoms in total. The molecule has 0 aromatic heterocycles. The van der Waals surface area contributed by atoms with Crippen LogP contribution < -0.4 is 4.90 Å². The number of para-hydroxylation sites is 2. The average molecular weight is 297 g/mol. The molecule has 1 saturated heterocycles. The van der Waals surface area contributed by atoms with Crippen molar-refractivity contribution in [3.63, 3.8) is 0 Å². The molecule has 3 aliphatic heterocycles. The summed E-state index contributed by atoms with van der Waals surface area (Å²) in [6.07, 6.45) is 0. The molecule has 3 heterocycles. The molecule has 0 radical (unpaired) electrons. The van der Waals surface area contributed by atoms with Crippen molar-refractivity contribution in [3.8, 4) is 0 Å². The van der Waals surface area contributed by atoms with Gasteiger partial charge in [-0.05, 0) is 18.2 Å². The maximum atomic E-state index is 13.0. The number of rotatable bonds is 0. The molecule has 3 aliphatic rings. The highest BCUT2D eigenvalue weighted by Crippen LogP contribution is 2.57. The van der Waals surface area contributed by atoms with Gasteiger partial charge < -0.3 is 9.47 Å². The summed E-state index contributed by atoms with van der Waals surface area (Å²) < 4.78 is 11.5. The first-order valence-electron chi connectivity index (χ1n) is 6.84. The van der Waals surface area contributed by atoms with Gasteiger partial charge in [0.25, 0.3) is 11.7 Å². The van der Waals surface area contributed by atoms with Crippen molar-refractivity contribution in [2.45, 2.75) is 15.6 Å². The third-order valence-corrected chi connectivity index (χ3v) is 5.20. The summed E-state index contributed by atoms with van der Waals surface area (Å²) in [4.78, 5) is 16.9. The number of carbonyl (C=O) groups is 1. The Labute approximate surface area is 125 Å². The zero-order chi connectivity index (χ0) is 14.0. The van der Waals surface area contributed by atoms with Crippen LogP contribution in [-0.2, 0) is 20.1 Å². The standard InChI is InChI=1S/C16H11NO3S/c18-15-16(19-8-9-20-16)10-4-3-7-13-14(10)17(15)11-5-1-2-6-12(11)21-13/h1-7H,8-9H2. The van der Waals surface area contributed by atoms with Crippen LogP contribution in [0.3, 0.4) is 0 Å². The molecule has 0 unspecified atom stereocenters. The van der Waals surface area contributed by atoms with Crippen LogP contribution in [0.5, 0.6) is 0 Å². The second-order valence-corrected chi connectivity index (χ2v) is 6.26. The molecular formula is C16H11NO3S. The largest absolute Gasteiger partial charge is 0.336 e. The van der Waals surface area contributed by atoms with E-state index in [4.69, 9.17) is 9.47 Å². The van der Waals surface area contributed by atoms with Gasteiger partial charge in [0.05, 0.1) is 24.6 Å². The van der Waals surface area contributed by atoms with Gasteiger partial charge in [0.2, 0.25) is 0 Å². The fraction of sp³-hybridized carbons (Fsp3) is 0.188. The molecule has 2 aromatic rings. The summed E-state index contributed by atoms with van der Waals surface area (Å²) in [6, 6.07) is 13.8. The summed E-state index contributed by atoms with van der Waals surface area (Å²) in [5.41, 5.74) is 2.64. The van der Waals surface area contributed by atoms with Gasteiger partial charge >= 0.3 is 0 Å². The summed E-state index contributed by atoms with van der Waals surface area (Å²) >= 11 is 1.68. The SMILES string of the molecule is O=C1N2c3ccccc3Sc3cccc(c32)C12OCCO2. The van der Waals surface area contributed by atoms with Crippen LogP contribution in [0.15, 0.2) is 52.3 Å². The molecule has 0 bridgehead atoms. The lowest BCUT2D eigenvalue weighted by atomic mass is 10.1. The zero-order valence-corrected chi connectivity index (χ0v) is 11.9. The van der Waals surface area contributed by atoms with Crippen LogP contribution in [-0.4, -0.2) is 19.1 Å². The maximum Gasteiger partial charge on any atom is 0.297 e. The highest BCUT2D eigenvalue weighted by atomic mass is 32.2. The Morgan fingerprint density at radius 1 is 1.00 bits per heavy atom. The number of carbonyl (C=O) groups excluding carboxylic acids is 1. The number of nitrogens with zero attached hydrogens (tertiary/aromatic N) is 1. The van der Waals surface area contributed by atoms with Crippen molar-refractivity contribution in [1.29, 1.82) is 0 Å². The first-order valence-corrected chi connectivity index (χ1v) is 7.66. The van der Waals surface area contributed by atoms with Crippen molar-refractivity contribution in [2.24, 2.45) is 0 Å². The summed E-state index contributed by atoms with van der Waals surface area (Å²) in [6.45, 7) is 0.885. The van der Waals surface area contributed by atoms with Gasteiger partial charge in [0.1, 0.15) is 0 Å². The van der Waals surface area contributed by atoms with E-state index in [-0.39, 0.29) is 5.91 Å². The molecule has 0 aliphatic carbocycles. The van der Waals surface area contributed by atoms with Crippen molar-refractivity contribution >= 4 is 29.0 Å². The Hall–Kier alpha value is -1.82. The molecule has 0 N–H and O–H groups in total. The van der Waals surface area contributed by atoms with E-state index in [2.05, 4.69) is 0 Å². The minimum Gasteiger partial charge on any atom is -0.336 e. The Kier molecular flexibility index (Phi) is 2.18. The number of amides is 1. The minimum absolute atomic E-state index is 0.143. The molecule has 104 valence electrons. The highest BCUT2D eigenvalue weighted by Gasteiger charge is 2.58. The third kappa shape index (κ3) is 1.31. The quantitative estimate of drug-likeness (QED) is 0.749. The molecule has 21 heavy (non-hydrogen) atoms. The lowest BCUT2D eigenvalue weighted by molar-refractivity contribution is -0.180. The number of fused-ring (bicyclic) bond motifs is 3. The fourth-order valence-corrected chi connectivity index (χ4v) is 4.32. The summed E-state index contributed by atoms with van der Waals surface area (Å²) in [5.74, 6) is -1.39. The van der Waals surface area contributed by atoms with Crippen molar-refractivity contribution in [1.82, 2.24) is 0 Å². The number of benzene rings is 2. The first kappa shape index (κ1) is 11.8. The Morgan fingerprint density at radius 3 is 2.62 bits per heavy atom. The fourth-order valence-electron chi connectivity index (χ4n) is 3.23. The van der Waals surface area contributed by atoms with E-state index in [1.165, 1.54) is 0 Å². The van der Waals surface area contributed by atoms with E-state index in [1.54, 1.807) is 16.7 Å². The van der Waals surface area contributed by atoms with E-state index in [9.17, 15) is 4.79 Å². The van der Waals surface area contributed by atoms with Crippen LogP contribution in [0, 0.1) is 0 Å². The molecule has 5 rings (SSSR count). The number of ether oxygens (including phenoxy) is 2. The van der Waals surface area contributed by atoms with E-state index in [0.717, 1.165) is 26.7 Å². The predicted molar refractivity (Wildman–Crippen MR) is 77.7 cm³/mol. The third-order valence-electron chi connectivity index (χ3n) is 4.08. The average Bonchev–Trinajstić information content (AvgIpc) is 3.10. The van der Waals surface area contributed by atoms with E-state index < -0.39 is 5.79 Å². The maximum absolute atomic E-state index is 13.0. The van der Waals surface area contributed by atoms with Crippen LogP contribution >= 0.6 is 11.8 Å². The van der Waals surface area contributed by atoms with Crippen LogP contribution in [0.2, 0.25) is 0 Å². The monoisotopic (exact) mass is 297 g/mol. The molecular weight excluding hydrogens is 286 g/mol. The number of anilines is 2. The lowest BCUT2D eigenvalue weighted by Gasteiger charge is -2.27. The lowest BCUT2D eigenvalue weighted by Crippen LogP contribution is -2.39. The van der Waals surface area contributed by atoms with Gasteiger partial charge in [-0.3, -0.25) is 9.69 Å². The van der Waals surface area contributed by atoms with Gasteiger partial charge in [-0.25, -0.2) is 0 Å². The van der Waals surface area contributed by atoms with Gasteiger partial charge in [-0.2, -0.15) is 0 Å². The normalized spacial score (nSPS) is 20.8. The highest BCUT2D eigenvalue weighted by molar-refractivity contribution is 7.99. The number of hydrogen-bond acceptors (Lipinski definition) is 4. The second-order valence-electron chi connectivity index (χ2n) is 5.18. The van der Waals surface area contributed by atoms with Crippen molar-refractivity contribution in [2.75, 3.05) is 18.1 Å². The second kappa shape index (κ2) is 3.88. The van der Waals surface area contributed by atoms with Gasteiger partial charge in [0, 0.05) is 15.4 Å². The topological polar surface area (TPSA) is 38.8 Å². The Balaban J connectivity index is 1.84. The van der Waals surface area contributed by atoms with E-state index >= 15 is 0 Å². The molecule has 1 fully saturated rings. The summed E-state index contributed by atoms with van der Waals surface area (Å²) in [5, 5.41) is 0. The minimum atomic E-state index is -1.25. The van der Waals surface area contributed by atoms with Crippen LogP contribution in [0.4, 0.5) is 11.4 Å². The van der Waals surface area contributed by atoms with Gasteiger partial charge in [-0.15, -0.1) is 0 Å². The van der Waals surface area contributed by atoms with E-state index in [1.807, 2.05) is 42.5 Å². The predicted octanol–water partition coefficient (Wildman–Crippen LogP) is 3.03. The molecule has 0 atom stereocenters. The molecule has 1 amide bonds.